The molecule has 1 unspecified atom stereocenters. The van der Waals surface area contributed by atoms with Crippen molar-refractivity contribution in [2.75, 3.05) is 32.2 Å². The molecule has 2 amide bonds. The molecular formula is C21H23ClN2O4. The quantitative estimate of drug-likeness (QED) is 0.697. The van der Waals surface area contributed by atoms with Crippen LogP contribution in [0.15, 0.2) is 42.5 Å². The standard InChI is InChI=1S/C21H23ClN2O4/c1-27-10-2-9-23-20(25)16-11-15-12-18(7-8-19(15)28-13-16)24-21(26)14-3-5-17(22)6-4-14/h3-8,12,16H,2,9-11,13H2,1H3,(H,23,25)(H,24,26). The highest BCUT2D eigenvalue weighted by molar-refractivity contribution is 6.30. The van der Waals surface area contributed by atoms with Gasteiger partial charge in [0.1, 0.15) is 12.4 Å². The van der Waals surface area contributed by atoms with Crippen molar-refractivity contribution >= 4 is 29.1 Å². The van der Waals surface area contributed by atoms with Gasteiger partial charge in [0.15, 0.2) is 0 Å². The monoisotopic (exact) mass is 402 g/mol. The molecule has 6 nitrogen and oxygen atoms in total. The highest BCUT2D eigenvalue weighted by Crippen LogP contribution is 2.30. The first-order chi connectivity index (χ1) is 13.6. The van der Waals surface area contributed by atoms with Crippen molar-refractivity contribution in [3.8, 4) is 5.75 Å². The maximum atomic E-state index is 12.4. The van der Waals surface area contributed by atoms with E-state index in [9.17, 15) is 9.59 Å². The van der Waals surface area contributed by atoms with Gasteiger partial charge in [0.05, 0.1) is 5.92 Å². The number of nitrogens with one attached hydrogen (secondary N) is 2. The molecule has 1 aliphatic rings. The van der Waals surface area contributed by atoms with E-state index in [1.54, 1.807) is 37.4 Å². The maximum absolute atomic E-state index is 12.4. The van der Waals surface area contributed by atoms with Gasteiger partial charge in [-0.3, -0.25) is 9.59 Å². The fraction of sp³-hybridized carbons (Fsp3) is 0.333. The number of halogens is 1. The molecule has 0 aromatic heterocycles. The lowest BCUT2D eigenvalue weighted by atomic mass is 9.95. The minimum atomic E-state index is -0.253. The number of carbonyl (C=O) groups is 2. The number of rotatable bonds is 7. The Bertz CT molecular complexity index is 839. The molecule has 3 rings (SSSR count). The highest BCUT2D eigenvalue weighted by Gasteiger charge is 2.26. The number of anilines is 1. The number of fused-ring (bicyclic) bond motifs is 1. The number of amides is 2. The van der Waals surface area contributed by atoms with Crippen molar-refractivity contribution in [1.29, 1.82) is 0 Å². The highest BCUT2D eigenvalue weighted by atomic mass is 35.5. The van der Waals surface area contributed by atoms with E-state index in [0.29, 0.717) is 42.5 Å². The fourth-order valence-electron chi connectivity index (χ4n) is 3.02. The van der Waals surface area contributed by atoms with E-state index in [1.807, 2.05) is 12.1 Å². The van der Waals surface area contributed by atoms with Crippen LogP contribution in [0.3, 0.4) is 0 Å². The van der Waals surface area contributed by atoms with Crippen LogP contribution in [0.5, 0.6) is 5.75 Å². The SMILES string of the molecule is COCCCNC(=O)C1COc2ccc(NC(=O)c3ccc(Cl)cc3)cc2C1. The molecule has 28 heavy (non-hydrogen) atoms. The van der Waals surface area contributed by atoms with Gasteiger partial charge in [0.2, 0.25) is 5.91 Å². The first-order valence-corrected chi connectivity index (χ1v) is 9.54. The first kappa shape index (κ1) is 20.2. The van der Waals surface area contributed by atoms with E-state index >= 15 is 0 Å². The zero-order valence-electron chi connectivity index (χ0n) is 15.7. The van der Waals surface area contributed by atoms with Gasteiger partial charge >= 0.3 is 0 Å². The summed E-state index contributed by atoms with van der Waals surface area (Å²) >= 11 is 5.86. The second-order valence-electron chi connectivity index (χ2n) is 6.63. The molecule has 0 saturated carbocycles. The summed E-state index contributed by atoms with van der Waals surface area (Å²) in [4.78, 5) is 24.7. The van der Waals surface area contributed by atoms with Crippen LogP contribution in [-0.4, -0.2) is 38.7 Å². The molecular weight excluding hydrogens is 380 g/mol. The van der Waals surface area contributed by atoms with E-state index in [0.717, 1.165) is 17.7 Å². The minimum Gasteiger partial charge on any atom is -0.492 e. The Morgan fingerprint density at radius 3 is 2.75 bits per heavy atom. The van der Waals surface area contributed by atoms with Gasteiger partial charge in [0, 0.05) is 36.5 Å². The summed E-state index contributed by atoms with van der Waals surface area (Å²) < 4.78 is 10.7. The van der Waals surface area contributed by atoms with Gasteiger partial charge in [-0.15, -0.1) is 0 Å². The molecule has 1 aliphatic heterocycles. The van der Waals surface area contributed by atoms with Crippen molar-refractivity contribution < 1.29 is 19.1 Å². The smallest absolute Gasteiger partial charge is 0.255 e. The molecule has 1 heterocycles. The van der Waals surface area contributed by atoms with E-state index in [2.05, 4.69) is 10.6 Å². The number of hydrogen-bond acceptors (Lipinski definition) is 4. The molecule has 2 N–H and O–H groups in total. The summed E-state index contributed by atoms with van der Waals surface area (Å²) in [6.45, 7) is 1.54. The average Bonchev–Trinajstić information content (AvgIpc) is 2.71. The largest absolute Gasteiger partial charge is 0.492 e. The minimum absolute atomic E-state index is 0.0302. The predicted octanol–water partition coefficient (Wildman–Crippen LogP) is 3.30. The van der Waals surface area contributed by atoms with Crippen LogP contribution in [-0.2, 0) is 16.0 Å². The molecule has 2 aromatic rings. The van der Waals surface area contributed by atoms with Gasteiger partial charge in [-0.25, -0.2) is 0 Å². The maximum Gasteiger partial charge on any atom is 0.255 e. The summed E-state index contributed by atoms with van der Waals surface area (Å²) in [5.74, 6) is 0.239. The molecule has 2 aromatic carbocycles. The van der Waals surface area contributed by atoms with Crippen LogP contribution in [0.4, 0.5) is 5.69 Å². The number of carbonyl (C=O) groups excluding carboxylic acids is 2. The van der Waals surface area contributed by atoms with Crippen LogP contribution in [0.25, 0.3) is 0 Å². The second kappa shape index (κ2) is 9.57. The number of methoxy groups -OCH3 is 1. The first-order valence-electron chi connectivity index (χ1n) is 9.16. The second-order valence-corrected chi connectivity index (χ2v) is 7.07. The van der Waals surface area contributed by atoms with Gasteiger partial charge in [-0.2, -0.15) is 0 Å². The number of hydrogen-bond donors (Lipinski definition) is 2. The lowest BCUT2D eigenvalue weighted by Crippen LogP contribution is -2.38. The summed E-state index contributed by atoms with van der Waals surface area (Å²) in [5.41, 5.74) is 2.08. The molecule has 0 fully saturated rings. The van der Waals surface area contributed by atoms with E-state index in [4.69, 9.17) is 21.1 Å². The van der Waals surface area contributed by atoms with Gasteiger partial charge in [0.25, 0.3) is 5.91 Å². The van der Waals surface area contributed by atoms with Crippen molar-refractivity contribution in [3.05, 3.63) is 58.6 Å². The average molecular weight is 403 g/mol. The number of ether oxygens (including phenoxy) is 2. The van der Waals surface area contributed by atoms with Gasteiger partial charge < -0.3 is 20.1 Å². The molecule has 7 heteroatoms. The van der Waals surface area contributed by atoms with E-state index < -0.39 is 0 Å². The van der Waals surface area contributed by atoms with Crippen molar-refractivity contribution in [2.24, 2.45) is 5.92 Å². The van der Waals surface area contributed by atoms with E-state index in [-0.39, 0.29) is 17.7 Å². The summed E-state index contributed by atoms with van der Waals surface area (Å²) in [6.07, 6.45) is 1.34. The lowest BCUT2D eigenvalue weighted by molar-refractivity contribution is -0.126. The van der Waals surface area contributed by atoms with Crippen LogP contribution in [0.1, 0.15) is 22.3 Å². The van der Waals surface area contributed by atoms with Crippen LogP contribution in [0.2, 0.25) is 5.02 Å². The number of benzene rings is 2. The summed E-state index contributed by atoms with van der Waals surface area (Å²) in [6, 6.07) is 12.1. The Hall–Kier alpha value is -2.57. The molecule has 148 valence electrons. The molecule has 0 aliphatic carbocycles. The van der Waals surface area contributed by atoms with Crippen LogP contribution < -0.4 is 15.4 Å². The van der Waals surface area contributed by atoms with Crippen LogP contribution >= 0.6 is 11.6 Å². The van der Waals surface area contributed by atoms with E-state index in [1.165, 1.54) is 0 Å². The molecule has 0 radical (unpaired) electrons. The Morgan fingerprint density at radius 1 is 1.21 bits per heavy atom. The Kier molecular flexibility index (Phi) is 6.90. The zero-order chi connectivity index (χ0) is 19.9. The topological polar surface area (TPSA) is 76.7 Å². The fourth-order valence-corrected chi connectivity index (χ4v) is 3.14. The zero-order valence-corrected chi connectivity index (χ0v) is 16.4. The third-order valence-corrected chi connectivity index (χ3v) is 4.78. The molecule has 0 bridgehead atoms. The molecule has 0 saturated heterocycles. The Balaban J connectivity index is 1.62. The summed E-state index contributed by atoms with van der Waals surface area (Å²) in [7, 11) is 1.64. The lowest BCUT2D eigenvalue weighted by Gasteiger charge is -2.25. The Labute approximate surface area is 169 Å². The van der Waals surface area contributed by atoms with Gasteiger partial charge in [-0.05, 0) is 60.9 Å². The molecule has 0 spiro atoms. The normalized spacial score (nSPS) is 15.3. The van der Waals surface area contributed by atoms with Gasteiger partial charge in [-0.1, -0.05) is 11.6 Å². The Morgan fingerprint density at radius 2 is 2.00 bits per heavy atom. The summed E-state index contributed by atoms with van der Waals surface area (Å²) in [5, 5.41) is 6.36. The predicted molar refractivity (Wildman–Crippen MR) is 108 cm³/mol. The van der Waals surface area contributed by atoms with Crippen molar-refractivity contribution in [2.45, 2.75) is 12.8 Å². The van der Waals surface area contributed by atoms with Crippen LogP contribution in [0, 0.1) is 5.92 Å². The van der Waals surface area contributed by atoms with Crippen molar-refractivity contribution in [1.82, 2.24) is 5.32 Å². The molecule has 1 atom stereocenters. The third-order valence-electron chi connectivity index (χ3n) is 4.53. The third kappa shape index (κ3) is 5.24. The van der Waals surface area contributed by atoms with Crippen molar-refractivity contribution in [3.63, 3.8) is 0 Å².